The lowest BCUT2D eigenvalue weighted by atomic mass is 9.91. The molecule has 0 radical (unpaired) electrons. The molecule has 1 unspecified atom stereocenters. The van der Waals surface area contributed by atoms with Gasteiger partial charge in [0.05, 0.1) is 12.1 Å². The standard InChI is InChI=1S/C13H27N3O/c1-15-6-3-7-16(9-8-15)13(10-14,11-17-2)12-4-5-12/h12H,3-11,14H2,1-2H3. The first-order valence-electron chi connectivity index (χ1n) is 6.85. The fourth-order valence-electron chi connectivity index (χ4n) is 3.18. The summed E-state index contributed by atoms with van der Waals surface area (Å²) in [6.07, 6.45) is 3.90. The summed E-state index contributed by atoms with van der Waals surface area (Å²) < 4.78 is 5.49. The van der Waals surface area contributed by atoms with Gasteiger partial charge in [0, 0.05) is 33.3 Å². The van der Waals surface area contributed by atoms with Crippen LogP contribution in [0.15, 0.2) is 0 Å². The quantitative estimate of drug-likeness (QED) is 0.755. The second kappa shape index (κ2) is 5.65. The van der Waals surface area contributed by atoms with Crippen molar-refractivity contribution < 1.29 is 4.74 Å². The minimum atomic E-state index is 0.111. The van der Waals surface area contributed by atoms with Crippen molar-refractivity contribution in [1.82, 2.24) is 9.80 Å². The highest BCUT2D eigenvalue weighted by molar-refractivity contribution is 5.04. The highest BCUT2D eigenvalue weighted by atomic mass is 16.5. The summed E-state index contributed by atoms with van der Waals surface area (Å²) in [5, 5.41) is 0. The maximum atomic E-state index is 6.12. The average molecular weight is 241 g/mol. The molecule has 0 aromatic carbocycles. The zero-order valence-electron chi connectivity index (χ0n) is 11.3. The first-order chi connectivity index (χ1) is 8.23. The molecule has 1 atom stereocenters. The molecule has 1 aliphatic carbocycles. The Bertz CT molecular complexity index is 245. The molecule has 0 aromatic rings. The van der Waals surface area contributed by atoms with Gasteiger partial charge in [-0.15, -0.1) is 0 Å². The first kappa shape index (κ1) is 13.3. The van der Waals surface area contributed by atoms with Crippen molar-refractivity contribution in [3.05, 3.63) is 0 Å². The fourth-order valence-corrected chi connectivity index (χ4v) is 3.18. The van der Waals surface area contributed by atoms with E-state index in [1.54, 1.807) is 7.11 Å². The van der Waals surface area contributed by atoms with E-state index in [1.165, 1.54) is 32.4 Å². The maximum absolute atomic E-state index is 6.12. The summed E-state index contributed by atoms with van der Waals surface area (Å²) in [7, 11) is 4.01. The Hall–Kier alpha value is -0.160. The molecular formula is C13H27N3O. The van der Waals surface area contributed by atoms with Crippen LogP contribution in [0, 0.1) is 5.92 Å². The van der Waals surface area contributed by atoms with Crippen LogP contribution in [0.2, 0.25) is 0 Å². The molecule has 1 saturated heterocycles. The Morgan fingerprint density at radius 2 is 2.00 bits per heavy atom. The van der Waals surface area contributed by atoms with E-state index in [9.17, 15) is 0 Å². The van der Waals surface area contributed by atoms with Crippen molar-refractivity contribution in [2.24, 2.45) is 11.7 Å². The smallest absolute Gasteiger partial charge is 0.0661 e. The molecule has 0 aromatic heterocycles. The lowest BCUT2D eigenvalue weighted by Gasteiger charge is -2.43. The predicted octanol–water partition coefficient (Wildman–Crippen LogP) is 0.378. The van der Waals surface area contributed by atoms with Crippen LogP contribution in [0.3, 0.4) is 0 Å². The molecule has 1 heterocycles. The Labute approximate surface area is 105 Å². The summed E-state index contributed by atoms with van der Waals surface area (Å²) in [4.78, 5) is 5.03. The summed E-state index contributed by atoms with van der Waals surface area (Å²) in [6.45, 7) is 6.18. The van der Waals surface area contributed by atoms with Crippen LogP contribution in [0.4, 0.5) is 0 Å². The van der Waals surface area contributed by atoms with Gasteiger partial charge in [-0.25, -0.2) is 0 Å². The van der Waals surface area contributed by atoms with E-state index in [1.807, 2.05) is 0 Å². The molecule has 1 saturated carbocycles. The molecule has 4 heteroatoms. The average Bonchev–Trinajstić information content (AvgIpc) is 3.14. The lowest BCUT2D eigenvalue weighted by molar-refractivity contribution is 0.00168. The van der Waals surface area contributed by atoms with Gasteiger partial charge in [0.2, 0.25) is 0 Å². The number of nitrogens with two attached hydrogens (primary N) is 1. The number of likely N-dealkylation sites (N-methyl/N-ethyl adjacent to an activating group) is 1. The third-order valence-corrected chi connectivity index (χ3v) is 4.43. The molecule has 0 spiro atoms. The molecule has 2 aliphatic rings. The second-order valence-corrected chi connectivity index (χ2v) is 5.66. The summed E-state index contributed by atoms with van der Waals surface area (Å²) in [5.74, 6) is 0.760. The van der Waals surface area contributed by atoms with Crippen LogP contribution in [-0.4, -0.2) is 68.8 Å². The van der Waals surface area contributed by atoms with Crippen molar-refractivity contribution in [3.8, 4) is 0 Å². The predicted molar refractivity (Wildman–Crippen MR) is 70.1 cm³/mol. The van der Waals surface area contributed by atoms with Crippen LogP contribution in [0.5, 0.6) is 0 Å². The van der Waals surface area contributed by atoms with E-state index in [4.69, 9.17) is 10.5 Å². The van der Waals surface area contributed by atoms with E-state index in [2.05, 4.69) is 16.8 Å². The molecule has 0 amide bonds. The molecule has 17 heavy (non-hydrogen) atoms. The fraction of sp³-hybridized carbons (Fsp3) is 1.00. The van der Waals surface area contributed by atoms with Gasteiger partial charge in [0.15, 0.2) is 0 Å². The first-order valence-corrected chi connectivity index (χ1v) is 6.85. The van der Waals surface area contributed by atoms with Crippen LogP contribution in [-0.2, 0) is 4.74 Å². The number of nitrogens with zero attached hydrogens (tertiary/aromatic N) is 2. The molecule has 2 N–H and O–H groups in total. The molecular weight excluding hydrogens is 214 g/mol. The zero-order valence-corrected chi connectivity index (χ0v) is 11.3. The van der Waals surface area contributed by atoms with Crippen LogP contribution in [0.25, 0.3) is 0 Å². The van der Waals surface area contributed by atoms with Crippen molar-refractivity contribution >= 4 is 0 Å². The van der Waals surface area contributed by atoms with Gasteiger partial charge in [-0.1, -0.05) is 0 Å². The van der Waals surface area contributed by atoms with Crippen molar-refractivity contribution in [2.45, 2.75) is 24.8 Å². The van der Waals surface area contributed by atoms with Gasteiger partial charge in [0.25, 0.3) is 0 Å². The van der Waals surface area contributed by atoms with Gasteiger partial charge in [-0.3, -0.25) is 4.90 Å². The third-order valence-electron chi connectivity index (χ3n) is 4.43. The Balaban J connectivity index is 2.08. The zero-order chi connectivity index (χ0) is 12.3. The molecule has 2 rings (SSSR count). The van der Waals surface area contributed by atoms with Crippen molar-refractivity contribution in [3.63, 3.8) is 0 Å². The van der Waals surface area contributed by atoms with E-state index >= 15 is 0 Å². The highest BCUT2D eigenvalue weighted by Gasteiger charge is 2.48. The van der Waals surface area contributed by atoms with Crippen LogP contribution >= 0.6 is 0 Å². The molecule has 100 valence electrons. The number of ether oxygens (including phenoxy) is 1. The molecule has 4 nitrogen and oxygen atoms in total. The summed E-state index contributed by atoms with van der Waals surface area (Å²) in [6, 6.07) is 0. The topological polar surface area (TPSA) is 41.7 Å². The summed E-state index contributed by atoms with van der Waals surface area (Å²) in [5.41, 5.74) is 6.23. The number of methoxy groups -OCH3 is 1. The van der Waals surface area contributed by atoms with Crippen molar-refractivity contribution in [2.75, 3.05) is 53.5 Å². The Kier molecular flexibility index (Phi) is 4.42. The van der Waals surface area contributed by atoms with E-state index in [0.717, 1.165) is 32.2 Å². The Morgan fingerprint density at radius 3 is 2.59 bits per heavy atom. The summed E-state index contributed by atoms with van der Waals surface area (Å²) >= 11 is 0. The second-order valence-electron chi connectivity index (χ2n) is 5.66. The number of hydrogen-bond donors (Lipinski definition) is 1. The minimum absolute atomic E-state index is 0.111. The molecule has 0 bridgehead atoms. The van der Waals surface area contributed by atoms with Gasteiger partial charge in [0.1, 0.15) is 0 Å². The third kappa shape index (κ3) is 2.81. The normalized spacial score (nSPS) is 27.7. The van der Waals surface area contributed by atoms with Crippen molar-refractivity contribution in [1.29, 1.82) is 0 Å². The van der Waals surface area contributed by atoms with Gasteiger partial charge < -0.3 is 15.4 Å². The number of hydrogen-bond acceptors (Lipinski definition) is 4. The van der Waals surface area contributed by atoms with Crippen LogP contribution < -0.4 is 5.73 Å². The maximum Gasteiger partial charge on any atom is 0.0661 e. The molecule has 1 aliphatic heterocycles. The minimum Gasteiger partial charge on any atom is -0.383 e. The SMILES string of the molecule is COCC(CN)(C1CC1)N1CCCN(C)CC1. The van der Waals surface area contributed by atoms with Crippen LogP contribution in [0.1, 0.15) is 19.3 Å². The van der Waals surface area contributed by atoms with Gasteiger partial charge in [-0.05, 0) is 38.8 Å². The molecule has 2 fully saturated rings. The van der Waals surface area contributed by atoms with Gasteiger partial charge in [-0.2, -0.15) is 0 Å². The Morgan fingerprint density at radius 1 is 1.24 bits per heavy atom. The largest absolute Gasteiger partial charge is 0.383 e. The van der Waals surface area contributed by atoms with E-state index in [-0.39, 0.29) is 5.54 Å². The van der Waals surface area contributed by atoms with E-state index < -0.39 is 0 Å². The monoisotopic (exact) mass is 241 g/mol. The number of rotatable bonds is 5. The lowest BCUT2D eigenvalue weighted by Crippen LogP contribution is -2.59. The van der Waals surface area contributed by atoms with Gasteiger partial charge >= 0.3 is 0 Å². The highest BCUT2D eigenvalue weighted by Crippen LogP contribution is 2.43. The van der Waals surface area contributed by atoms with E-state index in [0.29, 0.717) is 0 Å².